The van der Waals surface area contributed by atoms with E-state index in [4.69, 9.17) is 5.53 Å². The first-order chi connectivity index (χ1) is 4.22. The maximum absolute atomic E-state index is 10.3. The summed E-state index contributed by atoms with van der Waals surface area (Å²) in [6.07, 6.45) is 0. The lowest BCUT2D eigenvalue weighted by molar-refractivity contribution is -0.136. The van der Waals surface area contributed by atoms with Crippen LogP contribution in [0, 0.1) is 0 Å². The van der Waals surface area contributed by atoms with Crippen LogP contribution in [-0.4, -0.2) is 13.1 Å². The molecule has 0 atom stereocenters. The summed E-state index contributed by atoms with van der Waals surface area (Å²) < 4.78 is 4.16. The Morgan fingerprint density at radius 2 is 2.44 bits per heavy atom. The molecule has 0 radical (unpaired) electrons. The molecular formula is C4H5N3O2. The molecule has 0 heterocycles. The molecule has 5 nitrogen and oxygen atoms in total. The van der Waals surface area contributed by atoms with Crippen molar-refractivity contribution in [3.8, 4) is 0 Å². The number of carbonyl (C=O) groups is 1. The fraction of sp³-hybridized carbons (Fsp3) is 0.250. The van der Waals surface area contributed by atoms with Gasteiger partial charge in [0, 0.05) is 4.91 Å². The second-order valence-corrected chi connectivity index (χ2v) is 1.13. The molecule has 0 aliphatic heterocycles. The minimum absolute atomic E-state index is 0.236. The van der Waals surface area contributed by atoms with Crippen molar-refractivity contribution in [2.45, 2.75) is 0 Å². The molecule has 0 aliphatic rings. The Morgan fingerprint density at radius 1 is 1.89 bits per heavy atom. The molecule has 0 N–H and O–H groups in total. The van der Waals surface area contributed by atoms with E-state index in [2.05, 4.69) is 21.3 Å². The molecule has 0 aromatic carbocycles. The largest absolute Gasteiger partial charge is 0.466 e. The van der Waals surface area contributed by atoms with Crippen LogP contribution in [-0.2, 0) is 9.53 Å². The SMILES string of the molecule is C=C(N=[N+]=[N-])C(=O)OC. The van der Waals surface area contributed by atoms with Gasteiger partial charge in [0.25, 0.3) is 0 Å². The lowest BCUT2D eigenvalue weighted by atomic mass is 10.5. The predicted octanol–water partition coefficient (Wildman–Crippen LogP) is 0.983. The quantitative estimate of drug-likeness (QED) is 0.182. The fourth-order valence-corrected chi connectivity index (χ4v) is 0.213. The van der Waals surface area contributed by atoms with E-state index in [0.717, 1.165) is 0 Å². The normalized spacial score (nSPS) is 7.22. The Balaban J connectivity index is 4.04. The van der Waals surface area contributed by atoms with E-state index >= 15 is 0 Å². The number of rotatable bonds is 2. The molecule has 0 saturated carbocycles. The molecule has 9 heavy (non-hydrogen) atoms. The lowest BCUT2D eigenvalue weighted by Gasteiger charge is -1.91. The van der Waals surface area contributed by atoms with Crippen LogP contribution in [0.3, 0.4) is 0 Å². The van der Waals surface area contributed by atoms with E-state index in [-0.39, 0.29) is 5.70 Å². The number of ether oxygens (including phenoxy) is 1. The summed E-state index contributed by atoms with van der Waals surface area (Å²) in [5, 5.41) is 2.91. The maximum atomic E-state index is 10.3. The van der Waals surface area contributed by atoms with Crippen molar-refractivity contribution in [3.63, 3.8) is 0 Å². The van der Waals surface area contributed by atoms with Crippen LogP contribution in [0.25, 0.3) is 10.4 Å². The van der Waals surface area contributed by atoms with Gasteiger partial charge in [-0.2, -0.15) is 0 Å². The van der Waals surface area contributed by atoms with Crippen molar-refractivity contribution in [3.05, 3.63) is 22.7 Å². The van der Waals surface area contributed by atoms with Crippen LogP contribution in [0.5, 0.6) is 0 Å². The van der Waals surface area contributed by atoms with E-state index in [1.165, 1.54) is 7.11 Å². The minimum Gasteiger partial charge on any atom is -0.466 e. The first kappa shape index (κ1) is 7.52. The van der Waals surface area contributed by atoms with E-state index in [1.54, 1.807) is 0 Å². The summed E-state index contributed by atoms with van der Waals surface area (Å²) in [6.45, 7) is 3.12. The Kier molecular flexibility index (Phi) is 2.94. The third-order valence-electron chi connectivity index (χ3n) is 0.586. The molecule has 0 fully saturated rings. The van der Waals surface area contributed by atoms with Gasteiger partial charge in [-0.15, -0.1) is 0 Å². The second-order valence-electron chi connectivity index (χ2n) is 1.13. The summed E-state index contributed by atoms with van der Waals surface area (Å²) in [7, 11) is 1.18. The molecule has 0 aromatic rings. The van der Waals surface area contributed by atoms with Crippen LogP contribution in [0.2, 0.25) is 0 Å². The Morgan fingerprint density at radius 3 is 2.78 bits per heavy atom. The summed E-state index contributed by atoms with van der Waals surface area (Å²) >= 11 is 0. The molecular weight excluding hydrogens is 122 g/mol. The molecule has 5 heteroatoms. The number of hydrogen-bond acceptors (Lipinski definition) is 3. The average Bonchev–Trinajstić information content (AvgIpc) is 1.87. The third-order valence-corrected chi connectivity index (χ3v) is 0.586. The Hall–Kier alpha value is -1.48. The topological polar surface area (TPSA) is 75.1 Å². The molecule has 0 aliphatic carbocycles. The molecule has 0 bridgehead atoms. The monoisotopic (exact) mass is 127 g/mol. The lowest BCUT2D eigenvalue weighted by Crippen LogP contribution is -1.99. The standard InChI is InChI=1S/C4H5N3O2/c1-3(6-7-5)4(8)9-2/h1H2,2H3. The summed E-state index contributed by atoms with van der Waals surface area (Å²) in [6, 6.07) is 0. The molecule has 0 aromatic heterocycles. The van der Waals surface area contributed by atoms with Gasteiger partial charge in [0.05, 0.1) is 7.11 Å². The van der Waals surface area contributed by atoms with Crippen molar-refractivity contribution in [2.24, 2.45) is 5.11 Å². The van der Waals surface area contributed by atoms with Crippen molar-refractivity contribution < 1.29 is 9.53 Å². The van der Waals surface area contributed by atoms with Crippen LogP contribution in [0.1, 0.15) is 0 Å². The zero-order chi connectivity index (χ0) is 7.28. The number of nitrogens with zero attached hydrogens (tertiary/aromatic N) is 3. The molecule has 0 unspecified atom stereocenters. The molecule has 48 valence electrons. The Labute approximate surface area is 51.6 Å². The van der Waals surface area contributed by atoms with Gasteiger partial charge in [-0.1, -0.05) is 11.7 Å². The third kappa shape index (κ3) is 2.36. The first-order valence-electron chi connectivity index (χ1n) is 2.04. The highest BCUT2D eigenvalue weighted by molar-refractivity contribution is 5.87. The highest BCUT2D eigenvalue weighted by atomic mass is 16.5. The number of azide groups is 1. The zero-order valence-electron chi connectivity index (χ0n) is 4.87. The number of methoxy groups -OCH3 is 1. The van der Waals surface area contributed by atoms with Gasteiger partial charge in [0.2, 0.25) is 0 Å². The smallest absolute Gasteiger partial charge is 0.339 e. The zero-order valence-corrected chi connectivity index (χ0v) is 4.87. The van der Waals surface area contributed by atoms with Crippen molar-refractivity contribution in [1.29, 1.82) is 0 Å². The highest BCUT2D eigenvalue weighted by Crippen LogP contribution is 1.93. The molecule has 0 amide bonds. The maximum Gasteiger partial charge on any atom is 0.339 e. The molecule has 0 saturated heterocycles. The van der Waals surface area contributed by atoms with Gasteiger partial charge >= 0.3 is 5.97 Å². The van der Waals surface area contributed by atoms with E-state index in [0.29, 0.717) is 0 Å². The predicted molar refractivity (Wildman–Crippen MR) is 30.3 cm³/mol. The van der Waals surface area contributed by atoms with E-state index in [1.807, 2.05) is 0 Å². The summed E-state index contributed by atoms with van der Waals surface area (Å²) in [4.78, 5) is 12.6. The van der Waals surface area contributed by atoms with Crippen LogP contribution in [0.15, 0.2) is 17.4 Å². The first-order valence-corrected chi connectivity index (χ1v) is 2.04. The second kappa shape index (κ2) is 3.51. The van der Waals surface area contributed by atoms with Gasteiger partial charge in [0.15, 0.2) is 0 Å². The van der Waals surface area contributed by atoms with E-state index < -0.39 is 5.97 Å². The van der Waals surface area contributed by atoms with Crippen LogP contribution >= 0.6 is 0 Å². The van der Waals surface area contributed by atoms with Crippen LogP contribution < -0.4 is 0 Å². The molecule has 0 spiro atoms. The van der Waals surface area contributed by atoms with Gasteiger partial charge < -0.3 is 4.74 Å². The highest BCUT2D eigenvalue weighted by Gasteiger charge is 2.00. The Bertz CT molecular complexity index is 180. The van der Waals surface area contributed by atoms with Crippen molar-refractivity contribution >= 4 is 5.97 Å². The average molecular weight is 127 g/mol. The summed E-state index contributed by atoms with van der Waals surface area (Å²) in [5.41, 5.74) is 7.53. The number of hydrogen-bond donors (Lipinski definition) is 0. The number of carbonyl (C=O) groups excluding carboxylic acids is 1. The van der Waals surface area contributed by atoms with Gasteiger partial charge in [0.1, 0.15) is 5.70 Å². The number of esters is 1. The van der Waals surface area contributed by atoms with Gasteiger partial charge in [-0.25, -0.2) is 4.79 Å². The van der Waals surface area contributed by atoms with Crippen LogP contribution in [0.4, 0.5) is 0 Å². The van der Waals surface area contributed by atoms with Crippen molar-refractivity contribution in [2.75, 3.05) is 7.11 Å². The van der Waals surface area contributed by atoms with Gasteiger partial charge in [-0.05, 0) is 5.53 Å². The van der Waals surface area contributed by atoms with E-state index in [9.17, 15) is 4.79 Å². The summed E-state index contributed by atoms with van der Waals surface area (Å²) in [5.74, 6) is -0.715. The van der Waals surface area contributed by atoms with Crippen molar-refractivity contribution in [1.82, 2.24) is 0 Å². The van der Waals surface area contributed by atoms with Gasteiger partial charge in [-0.3, -0.25) is 0 Å². The molecule has 0 rings (SSSR count). The fourth-order valence-electron chi connectivity index (χ4n) is 0.213. The minimum atomic E-state index is -0.715.